The Hall–Kier alpha value is -2.25. The van der Waals surface area contributed by atoms with Crippen molar-refractivity contribution in [2.75, 3.05) is 25.2 Å². The van der Waals surface area contributed by atoms with Gasteiger partial charge in [-0.2, -0.15) is 0 Å². The fourth-order valence-corrected chi connectivity index (χ4v) is 5.43. The lowest BCUT2D eigenvalue weighted by Crippen LogP contribution is -2.43. The molecule has 2 aromatic rings. The molecule has 1 fully saturated rings. The lowest BCUT2D eigenvalue weighted by molar-refractivity contribution is -0.136. The van der Waals surface area contributed by atoms with Gasteiger partial charge in [-0.3, -0.25) is 4.79 Å². The monoisotopic (exact) mass is 451 g/mol. The number of rotatable bonds is 7. The molecular formula is C22H26ClNO5S. The molecule has 2 aromatic carbocycles. The Morgan fingerprint density at radius 3 is 2.30 bits per heavy atom. The zero-order chi connectivity index (χ0) is 21.9. The first kappa shape index (κ1) is 22.4. The number of ether oxygens (including phenoxy) is 2. The molecule has 3 rings (SSSR count). The largest absolute Gasteiger partial charge is 0.497 e. The Balaban J connectivity index is 1.75. The highest BCUT2D eigenvalue weighted by Crippen LogP contribution is 2.26. The highest BCUT2D eigenvalue weighted by atomic mass is 35.5. The van der Waals surface area contributed by atoms with Crippen LogP contribution in [-0.4, -0.2) is 50.5 Å². The van der Waals surface area contributed by atoms with Crippen molar-refractivity contribution in [2.24, 2.45) is 0 Å². The molecule has 6 nitrogen and oxygen atoms in total. The molecule has 8 heteroatoms. The average molecular weight is 452 g/mol. The summed E-state index contributed by atoms with van der Waals surface area (Å²) in [7, 11) is -1.54. The average Bonchev–Trinajstić information content (AvgIpc) is 3.08. The Morgan fingerprint density at radius 2 is 1.77 bits per heavy atom. The molecule has 0 bridgehead atoms. The van der Waals surface area contributed by atoms with E-state index in [1.54, 1.807) is 24.1 Å². The van der Waals surface area contributed by atoms with Crippen molar-refractivity contribution in [2.45, 2.75) is 32.9 Å². The first-order valence-electron chi connectivity index (χ1n) is 9.71. The second kappa shape index (κ2) is 9.27. The van der Waals surface area contributed by atoms with Crippen LogP contribution in [0.1, 0.15) is 23.1 Å². The summed E-state index contributed by atoms with van der Waals surface area (Å²) in [6.45, 7) is 3.89. The van der Waals surface area contributed by atoms with Crippen LogP contribution in [-0.2, 0) is 21.2 Å². The van der Waals surface area contributed by atoms with Crippen LogP contribution in [0.25, 0.3) is 0 Å². The van der Waals surface area contributed by atoms with Crippen molar-refractivity contribution in [1.82, 2.24) is 4.90 Å². The summed E-state index contributed by atoms with van der Waals surface area (Å²) in [6.07, 6.45) is 0.434. The van der Waals surface area contributed by atoms with Gasteiger partial charge in [0, 0.05) is 17.6 Å². The first-order chi connectivity index (χ1) is 14.2. The van der Waals surface area contributed by atoms with Gasteiger partial charge in [-0.1, -0.05) is 23.7 Å². The summed E-state index contributed by atoms with van der Waals surface area (Å²) in [5, 5.41) is 0.672. The molecule has 1 aliphatic rings. The maximum Gasteiger partial charge on any atom is 0.261 e. The quantitative estimate of drug-likeness (QED) is 0.643. The Morgan fingerprint density at radius 1 is 1.13 bits per heavy atom. The van der Waals surface area contributed by atoms with E-state index in [1.165, 1.54) is 0 Å². The smallest absolute Gasteiger partial charge is 0.261 e. The van der Waals surface area contributed by atoms with Gasteiger partial charge >= 0.3 is 0 Å². The van der Waals surface area contributed by atoms with Crippen molar-refractivity contribution >= 4 is 27.3 Å². The van der Waals surface area contributed by atoms with E-state index in [0.717, 1.165) is 22.4 Å². The molecule has 0 radical (unpaired) electrons. The van der Waals surface area contributed by atoms with E-state index in [9.17, 15) is 13.2 Å². The van der Waals surface area contributed by atoms with Gasteiger partial charge in [-0.05, 0) is 61.2 Å². The molecule has 162 valence electrons. The maximum absolute atomic E-state index is 13.0. The summed E-state index contributed by atoms with van der Waals surface area (Å²) < 4.78 is 34.9. The Labute approximate surface area is 182 Å². The van der Waals surface area contributed by atoms with E-state index >= 15 is 0 Å². The molecule has 0 N–H and O–H groups in total. The second-order valence-corrected chi connectivity index (χ2v) is 10.2. The number of carbonyl (C=O) groups excluding carboxylic acids is 1. The molecule has 1 amide bonds. The highest BCUT2D eigenvalue weighted by molar-refractivity contribution is 7.91. The van der Waals surface area contributed by atoms with Crippen LogP contribution in [0, 0.1) is 13.8 Å². The van der Waals surface area contributed by atoms with Crippen LogP contribution >= 0.6 is 11.6 Å². The van der Waals surface area contributed by atoms with Crippen LogP contribution in [0.4, 0.5) is 0 Å². The fourth-order valence-electron chi connectivity index (χ4n) is 3.59. The molecule has 0 saturated carbocycles. The van der Waals surface area contributed by atoms with Crippen LogP contribution in [0.5, 0.6) is 11.5 Å². The van der Waals surface area contributed by atoms with Crippen molar-refractivity contribution in [3.05, 3.63) is 58.1 Å². The van der Waals surface area contributed by atoms with Gasteiger partial charge in [0.15, 0.2) is 16.4 Å². The minimum Gasteiger partial charge on any atom is -0.497 e. The molecule has 0 aliphatic carbocycles. The number of sulfone groups is 1. The van der Waals surface area contributed by atoms with E-state index in [0.29, 0.717) is 23.7 Å². The molecule has 1 atom stereocenters. The lowest BCUT2D eigenvalue weighted by Gasteiger charge is -2.28. The topological polar surface area (TPSA) is 72.9 Å². The number of carbonyl (C=O) groups is 1. The number of halogens is 1. The van der Waals surface area contributed by atoms with Gasteiger partial charge in [0.2, 0.25) is 0 Å². The number of methoxy groups -OCH3 is 1. The van der Waals surface area contributed by atoms with Crippen molar-refractivity contribution < 1.29 is 22.7 Å². The molecule has 30 heavy (non-hydrogen) atoms. The van der Waals surface area contributed by atoms with E-state index in [4.69, 9.17) is 21.1 Å². The van der Waals surface area contributed by atoms with Gasteiger partial charge in [-0.25, -0.2) is 8.42 Å². The minimum absolute atomic E-state index is 0.0198. The molecular weight excluding hydrogens is 426 g/mol. The van der Waals surface area contributed by atoms with Crippen LogP contribution < -0.4 is 9.47 Å². The van der Waals surface area contributed by atoms with E-state index < -0.39 is 9.84 Å². The van der Waals surface area contributed by atoms with Gasteiger partial charge in [0.1, 0.15) is 11.5 Å². The summed E-state index contributed by atoms with van der Waals surface area (Å²) in [5.74, 6) is 1.11. The zero-order valence-corrected chi connectivity index (χ0v) is 18.9. The van der Waals surface area contributed by atoms with Crippen molar-refractivity contribution in [3.8, 4) is 11.5 Å². The fraction of sp³-hybridized carbons (Fsp3) is 0.409. The summed E-state index contributed by atoms with van der Waals surface area (Å²) >= 11 is 6.19. The van der Waals surface area contributed by atoms with Crippen LogP contribution in [0.3, 0.4) is 0 Å². The van der Waals surface area contributed by atoms with Gasteiger partial charge in [0.05, 0.1) is 18.6 Å². The zero-order valence-electron chi connectivity index (χ0n) is 17.4. The number of nitrogens with zero attached hydrogens (tertiary/aromatic N) is 1. The highest BCUT2D eigenvalue weighted by Gasteiger charge is 2.34. The maximum atomic E-state index is 13.0. The standard InChI is InChI=1S/C22H26ClNO5S/c1-15-10-20(11-16(2)22(15)23)29-13-21(25)24(18-8-9-30(26,27)14-18)12-17-4-6-19(28-3)7-5-17/h4-7,10-11,18H,8-9,12-14H2,1-3H3. The molecule has 0 spiro atoms. The van der Waals surface area contributed by atoms with Gasteiger partial charge in [0.25, 0.3) is 5.91 Å². The molecule has 1 saturated heterocycles. The van der Waals surface area contributed by atoms with Crippen molar-refractivity contribution in [3.63, 3.8) is 0 Å². The summed E-state index contributed by atoms with van der Waals surface area (Å²) in [5.41, 5.74) is 2.64. The van der Waals surface area contributed by atoms with E-state index in [2.05, 4.69) is 0 Å². The van der Waals surface area contributed by atoms with Crippen LogP contribution in [0.2, 0.25) is 5.02 Å². The summed E-state index contributed by atoms with van der Waals surface area (Å²) in [4.78, 5) is 14.6. The Kier molecular flexibility index (Phi) is 6.93. The molecule has 0 aromatic heterocycles. The Bertz CT molecular complexity index is 997. The first-order valence-corrected chi connectivity index (χ1v) is 11.9. The normalized spacial score (nSPS) is 17.5. The SMILES string of the molecule is COc1ccc(CN(C(=O)COc2cc(C)c(Cl)c(C)c2)C2CCS(=O)(=O)C2)cc1. The van der Waals surface area contributed by atoms with Crippen LogP contribution in [0.15, 0.2) is 36.4 Å². The second-order valence-electron chi connectivity index (χ2n) is 7.59. The molecule has 1 heterocycles. The predicted molar refractivity (Wildman–Crippen MR) is 117 cm³/mol. The third kappa shape index (κ3) is 5.46. The lowest BCUT2D eigenvalue weighted by atomic mass is 10.1. The van der Waals surface area contributed by atoms with E-state index in [1.807, 2.05) is 38.1 Å². The van der Waals surface area contributed by atoms with Gasteiger partial charge in [-0.15, -0.1) is 0 Å². The number of amides is 1. The molecule has 1 unspecified atom stereocenters. The number of benzene rings is 2. The predicted octanol–water partition coefficient (Wildman–Crippen LogP) is 3.56. The number of hydrogen-bond donors (Lipinski definition) is 0. The third-order valence-electron chi connectivity index (χ3n) is 5.25. The number of aryl methyl sites for hydroxylation is 2. The minimum atomic E-state index is -3.13. The van der Waals surface area contributed by atoms with E-state index in [-0.39, 0.29) is 30.1 Å². The van der Waals surface area contributed by atoms with Gasteiger partial charge < -0.3 is 14.4 Å². The third-order valence-corrected chi connectivity index (χ3v) is 7.60. The van der Waals surface area contributed by atoms with Crippen molar-refractivity contribution in [1.29, 1.82) is 0 Å². The summed E-state index contributed by atoms with van der Waals surface area (Å²) in [6, 6.07) is 10.6. The molecule has 1 aliphatic heterocycles. The number of hydrogen-bond acceptors (Lipinski definition) is 5.